The second-order valence-electron chi connectivity index (χ2n) is 4.75. The predicted molar refractivity (Wildman–Crippen MR) is 67.4 cm³/mol. The van der Waals surface area contributed by atoms with E-state index in [1.165, 1.54) is 12.1 Å². The van der Waals surface area contributed by atoms with Crippen molar-refractivity contribution in [1.82, 2.24) is 0 Å². The Morgan fingerprint density at radius 2 is 1.63 bits per heavy atom. The van der Waals surface area contributed by atoms with Gasteiger partial charge in [0.05, 0.1) is 5.41 Å². The lowest BCUT2D eigenvalue weighted by atomic mass is 9.90. The van der Waals surface area contributed by atoms with E-state index in [1.54, 1.807) is 0 Å². The highest BCUT2D eigenvalue weighted by Gasteiger charge is 2.52. The third kappa shape index (κ3) is 1.85. The lowest BCUT2D eigenvalue weighted by molar-refractivity contribution is 0.0659. The van der Waals surface area contributed by atoms with Crippen LogP contribution in [0.25, 0.3) is 0 Å². The average Bonchev–Trinajstić information content (AvgIpc) is 3.09. The second kappa shape index (κ2) is 4.09. The summed E-state index contributed by atoms with van der Waals surface area (Å²) in [6, 6.07) is 12.3. The van der Waals surface area contributed by atoms with E-state index < -0.39 is 11.4 Å². The van der Waals surface area contributed by atoms with Crippen LogP contribution in [0.2, 0.25) is 0 Å². The SMILES string of the molecule is O=C(O)c1ccc(C(=O)C2(c3ccccc3)CC2)o1. The van der Waals surface area contributed by atoms with Gasteiger partial charge in [0.25, 0.3) is 0 Å². The number of aromatic carboxylic acids is 1. The Kier molecular flexibility index (Phi) is 2.52. The molecule has 0 unspecified atom stereocenters. The minimum absolute atomic E-state index is 0.124. The third-order valence-corrected chi connectivity index (χ3v) is 3.55. The highest BCUT2D eigenvalue weighted by atomic mass is 16.4. The summed E-state index contributed by atoms with van der Waals surface area (Å²) in [4.78, 5) is 23.2. The van der Waals surface area contributed by atoms with Crippen molar-refractivity contribution in [3.63, 3.8) is 0 Å². The molecule has 96 valence electrons. The van der Waals surface area contributed by atoms with E-state index in [-0.39, 0.29) is 17.3 Å². The Bertz CT molecular complexity index is 635. The van der Waals surface area contributed by atoms with Crippen LogP contribution in [0.15, 0.2) is 46.9 Å². The number of ketones is 1. The molecule has 1 heterocycles. The highest BCUT2D eigenvalue weighted by Crippen LogP contribution is 2.50. The van der Waals surface area contributed by atoms with Gasteiger partial charge in [-0.05, 0) is 30.5 Å². The Morgan fingerprint density at radius 3 is 2.16 bits per heavy atom. The van der Waals surface area contributed by atoms with Gasteiger partial charge in [-0.25, -0.2) is 4.79 Å². The molecule has 0 amide bonds. The number of carbonyl (C=O) groups excluding carboxylic acids is 1. The van der Waals surface area contributed by atoms with Crippen LogP contribution < -0.4 is 0 Å². The van der Waals surface area contributed by atoms with Crippen molar-refractivity contribution in [2.24, 2.45) is 0 Å². The normalized spacial score (nSPS) is 16.0. The fraction of sp³-hybridized carbons (Fsp3) is 0.200. The second-order valence-corrected chi connectivity index (χ2v) is 4.75. The number of carboxylic acid groups (broad SMARTS) is 1. The molecule has 0 atom stereocenters. The van der Waals surface area contributed by atoms with Gasteiger partial charge in [-0.2, -0.15) is 0 Å². The lowest BCUT2D eigenvalue weighted by Crippen LogP contribution is -2.20. The molecular formula is C15H12O4. The molecule has 0 saturated heterocycles. The molecule has 1 aromatic heterocycles. The van der Waals surface area contributed by atoms with Crippen LogP contribution in [-0.2, 0) is 5.41 Å². The first-order valence-electron chi connectivity index (χ1n) is 6.07. The monoisotopic (exact) mass is 256 g/mol. The molecule has 4 heteroatoms. The molecule has 0 aliphatic heterocycles. The Morgan fingerprint density at radius 1 is 1.00 bits per heavy atom. The molecule has 1 aliphatic rings. The molecular weight excluding hydrogens is 244 g/mol. The zero-order valence-corrected chi connectivity index (χ0v) is 10.1. The summed E-state index contributed by atoms with van der Waals surface area (Å²) in [5, 5.41) is 8.81. The summed E-state index contributed by atoms with van der Waals surface area (Å²) in [5.41, 5.74) is 0.447. The van der Waals surface area contributed by atoms with Crippen LogP contribution in [0.3, 0.4) is 0 Å². The van der Waals surface area contributed by atoms with Crippen molar-refractivity contribution < 1.29 is 19.1 Å². The summed E-state index contributed by atoms with van der Waals surface area (Å²) >= 11 is 0. The molecule has 19 heavy (non-hydrogen) atoms. The van der Waals surface area contributed by atoms with Gasteiger partial charge in [-0.3, -0.25) is 4.79 Å². The maximum atomic E-state index is 12.5. The highest BCUT2D eigenvalue weighted by molar-refractivity contribution is 6.04. The fourth-order valence-electron chi connectivity index (χ4n) is 2.34. The first kappa shape index (κ1) is 11.7. The first-order chi connectivity index (χ1) is 9.13. The molecule has 0 bridgehead atoms. The van der Waals surface area contributed by atoms with E-state index in [0.29, 0.717) is 0 Å². The van der Waals surface area contributed by atoms with Crippen molar-refractivity contribution in [2.75, 3.05) is 0 Å². The van der Waals surface area contributed by atoms with Crippen LogP contribution in [0, 0.1) is 0 Å². The van der Waals surface area contributed by atoms with Crippen LogP contribution in [-0.4, -0.2) is 16.9 Å². The van der Waals surface area contributed by atoms with Crippen LogP contribution in [0.5, 0.6) is 0 Å². The number of carboxylic acids is 1. The number of Topliss-reactive ketones (excluding diaryl/α,β-unsaturated/α-hetero) is 1. The van der Waals surface area contributed by atoms with Gasteiger partial charge < -0.3 is 9.52 Å². The Labute approximate surface area is 109 Å². The summed E-state index contributed by atoms with van der Waals surface area (Å²) in [6.45, 7) is 0. The third-order valence-electron chi connectivity index (χ3n) is 3.55. The van der Waals surface area contributed by atoms with Crippen LogP contribution >= 0.6 is 0 Å². The van der Waals surface area contributed by atoms with Crippen LogP contribution in [0.4, 0.5) is 0 Å². The van der Waals surface area contributed by atoms with Crippen LogP contribution in [0.1, 0.15) is 39.5 Å². The topological polar surface area (TPSA) is 67.5 Å². The first-order valence-corrected chi connectivity index (χ1v) is 6.07. The maximum Gasteiger partial charge on any atom is 0.371 e. The summed E-state index contributed by atoms with van der Waals surface area (Å²) < 4.78 is 5.11. The van der Waals surface area contributed by atoms with Gasteiger partial charge >= 0.3 is 5.97 Å². The molecule has 1 N–H and O–H groups in total. The number of furan rings is 1. The standard InChI is InChI=1S/C15H12O4/c16-13(11-6-7-12(19-11)14(17)18)15(8-9-15)10-4-2-1-3-5-10/h1-7H,8-9H2,(H,17,18). The Balaban J connectivity index is 1.94. The Hall–Kier alpha value is -2.36. The minimum atomic E-state index is -1.16. The summed E-state index contributed by atoms with van der Waals surface area (Å²) in [7, 11) is 0. The number of rotatable bonds is 4. The minimum Gasteiger partial charge on any atom is -0.475 e. The van der Waals surface area contributed by atoms with Gasteiger partial charge in [0.1, 0.15) is 0 Å². The fourth-order valence-corrected chi connectivity index (χ4v) is 2.34. The van der Waals surface area contributed by atoms with Gasteiger partial charge in [-0.1, -0.05) is 30.3 Å². The number of carbonyl (C=O) groups is 2. The van der Waals surface area contributed by atoms with E-state index >= 15 is 0 Å². The van der Waals surface area contributed by atoms with E-state index in [2.05, 4.69) is 0 Å². The quantitative estimate of drug-likeness (QED) is 0.854. The molecule has 1 fully saturated rings. The summed E-state index contributed by atoms with van der Waals surface area (Å²) in [6.07, 6.45) is 1.55. The van der Waals surface area contributed by atoms with Gasteiger partial charge in [0.15, 0.2) is 5.76 Å². The molecule has 3 rings (SSSR count). The zero-order valence-electron chi connectivity index (χ0n) is 10.1. The molecule has 0 spiro atoms. The average molecular weight is 256 g/mol. The predicted octanol–water partition coefficient (Wildman–Crippen LogP) is 2.89. The van der Waals surface area contributed by atoms with Crippen molar-refractivity contribution in [3.05, 3.63) is 59.5 Å². The van der Waals surface area contributed by atoms with E-state index in [0.717, 1.165) is 18.4 Å². The summed E-state index contributed by atoms with van der Waals surface area (Å²) in [5.74, 6) is -1.37. The lowest BCUT2D eigenvalue weighted by Gasteiger charge is -2.12. The molecule has 2 aromatic rings. The number of hydrogen-bond donors (Lipinski definition) is 1. The van der Waals surface area contributed by atoms with E-state index in [1.807, 2.05) is 30.3 Å². The molecule has 1 aromatic carbocycles. The molecule has 0 radical (unpaired) electrons. The van der Waals surface area contributed by atoms with Gasteiger partial charge in [0.2, 0.25) is 11.5 Å². The molecule has 1 saturated carbocycles. The molecule has 4 nitrogen and oxygen atoms in total. The number of benzene rings is 1. The van der Waals surface area contributed by atoms with E-state index in [9.17, 15) is 9.59 Å². The largest absolute Gasteiger partial charge is 0.475 e. The smallest absolute Gasteiger partial charge is 0.371 e. The van der Waals surface area contributed by atoms with E-state index in [4.69, 9.17) is 9.52 Å². The number of hydrogen-bond acceptors (Lipinski definition) is 3. The van der Waals surface area contributed by atoms with Crippen molar-refractivity contribution >= 4 is 11.8 Å². The van der Waals surface area contributed by atoms with Gasteiger partial charge in [0, 0.05) is 0 Å². The van der Waals surface area contributed by atoms with Crippen molar-refractivity contribution in [2.45, 2.75) is 18.3 Å². The van der Waals surface area contributed by atoms with Crippen molar-refractivity contribution in [3.8, 4) is 0 Å². The van der Waals surface area contributed by atoms with Gasteiger partial charge in [-0.15, -0.1) is 0 Å². The maximum absolute atomic E-state index is 12.5. The van der Waals surface area contributed by atoms with Crippen molar-refractivity contribution in [1.29, 1.82) is 0 Å². The zero-order chi connectivity index (χ0) is 13.5. The molecule has 1 aliphatic carbocycles.